The lowest BCUT2D eigenvalue weighted by Crippen LogP contribution is -2.19. The molecule has 0 unspecified atom stereocenters. The zero-order valence-corrected chi connectivity index (χ0v) is 13.0. The van der Waals surface area contributed by atoms with E-state index in [9.17, 15) is 9.18 Å². The third-order valence-electron chi connectivity index (χ3n) is 2.96. The normalized spacial score (nSPS) is 9.95. The Morgan fingerprint density at radius 2 is 1.68 bits per heavy atom. The van der Waals surface area contributed by atoms with Crippen LogP contribution in [0.3, 0.4) is 0 Å². The van der Waals surface area contributed by atoms with Crippen molar-refractivity contribution in [1.29, 1.82) is 0 Å². The molecule has 2 rings (SSSR count). The van der Waals surface area contributed by atoms with Crippen molar-refractivity contribution >= 4 is 34.5 Å². The SMILES string of the molecule is COc1ccc(NC(=S)Nc2ccc(C(C)=O)cc2)cc1F. The van der Waals surface area contributed by atoms with E-state index in [1.165, 1.54) is 26.2 Å². The van der Waals surface area contributed by atoms with Gasteiger partial charge in [0.25, 0.3) is 0 Å². The highest BCUT2D eigenvalue weighted by Gasteiger charge is 2.05. The maximum absolute atomic E-state index is 13.6. The molecule has 0 heterocycles. The van der Waals surface area contributed by atoms with E-state index < -0.39 is 5.82 Å². The molecule has 0 bridgehead atoms. The zero-order valence-electron chi connectivity index (χ0n) is 12.1. The van der Waals surface area contributed by atoms with Crippen LogP contribution in [0.5, 0.6) is 5.75 Å². The molecule has 2 aromatic rings. The van der Waals surface area contributed by atoms with Gasteiger partial charge in [-0.2, -0.15) is 0 Å². The van der Waals surface area contributed by atoms with Crippen LogP contribution in [-0.2, 0) is 0 Å². The molecule has 0 atom stereocenters. The smallest absolute Gasteiger partial charge is 0.175 e. The monoisotopic (exact) mass is 318 g/mol. The quantitative estimate of drug-likeness (QED) is 0.662. The number of thiocarbonyl (C=S) groups is 1. The Kier molecular flexibility index (Phi) is 5.06. The van der Waals surface area contributed by atoms with Gasteiger partial charge >= 0.3 is 0 Å². The van der Waals surface area contributed by atoms with E-state index in [1.54, 1.807) is 30.3 Å². The Morgan fingerprint density at radius 3 is 2.23 bits per heavy atom. The summed E-state index contributed by atoms with van der Waals surface area (Å²) in [5.41, 5.74) is 1.87. The van der Waals surface area contributed by atoms with E-state index in [0.29, 0.717) is 16.4 Å². The molecule has 0 aliphatic carbocycles. The summed E-state index contributed by atoms with van der Waals surface area (Å²) in [7, 11) is 1.41. The van der Waals surface area contributed by atoms with Crippen LogP contribution in [0.1, 0.15) is 17.3 Å². The standard InChI is InChI=1S/C16H15FN2O2S/c1-10(20)11-3-5-12(6-4-11)18-16(22)19-13-7-8-15(21-2)14(17)9-13/h3-9H,1-2H3,(H2,18,19,22). The zero-order chi connectivity index (χ0) is 16.1. The van der Waals surface area contributed by atoms with Crippen LogP contribution < -0.4 is 15.4 Å². The van der Waals surface area contributed by atoms with Gasteiger partial charge in [-0.3, -0.25) is 4.79 Å². The predicted molar refractivity (Wildman–Crippen MR) is 89.2 cm³/mol. The summed E-state index contributed by atoms with van der Waals surface area (Å²) in [6.07, 6.45) is 0. The average molecular weight is 318 g/mol. The van der Waals surface area contributed by atoms with Gasteiger partial charge in [0.15, 0.2) is 22.5 Å². The highest BCUT2D eigenvalue weighted by Crippen LogP contribution is 2.21. The first-order chi connectivity index (χ1) is 10.5. The molecule has 22 heavy (non-hydrogen) atoms. The lowest BCUT2D eigenvalue weighted by molar-refractivity contribution is 0.101. The highest BCUT2D eigenvalue weighted by molar-refractivity contribution is 7.80. The minimum absolute atomic E-state index is 0.000889. The van der Waals surface area contributed by atoms with Crippen molar-refractivity contribution in [3.8, 4) is 5.75 Å². The number of carbonyl (C=O) groups is 1. The van der Waals surface area contributed by atoms with Gasteiger partial charge in [-0.25, -0.2) is 4.39 Å². The lowest BCUT2D eigenvalue weighted by atomic mass is 10.1. The number of anilines is 2. The van der Waals surface area contributed by atoms with Crippen LogP contribution in [-0.4, -0.2) is 18.0 Å². The highest BCUT2D eigenvalue weighted by atomic mass is 32.1. The molecule has 2 N–H and O–H groups in total. The Morgan fingerprint density at radius 1 is 1.09 bits per heavy atom. The summed E-state index contributed by atoms with van der Waals surface area (Å²) in [6.45, 7) is 1.51. The number of Topliss-reactive ketones (excluding diaryl/α,β-unsaturated/α-hetero) is 1. The van der Waals surface area contributed by atoms with Gasteiger partial charge in [-0.15, -0.1) is 0 Å². The molecule has 0 aliphatic rings. The molecule has 2 aromatic carbocycles. The van der Waals surface area contributed by atoms with Gasteiger partial charge in [-0.1, -0.05) is 0 Å². The first-order valence-electron chi connectivity index (χ1n) is 6.52. The maximum Gasteiger partial charge on any atom is 0.175 e. The molecule has 4 nitrogen and oxygen atoms in total. The number of methoxy groups -OCH3 is 1. The number of hydrogen-bond donors (Lipinski definition) is 2. The van der Waals surface area contributed by atoms with E-state index in [4.69, 9.17) is 17.0 Å². The summed E-state index contributed by atoms with van der Waals surface area (Å²) in [4.78, 5) is 11.2. The Balaban J connectivity index is 2.00. The average Bonchev–Trinajstić information content (AvgIpc) is 2.48. The number of rotatable bonds is 4. The molecule has 0 radical (unpaired) electrons. The molecular formula is C16H15FN2O2S. The Hall–Kier alpha value is -2.47. The molecular weight excluding hydrogens is 303 g/mol. The van der Waals surface area contributed by atoms with Crippen molar-refractivity contribution in [2.24, 2.45) is 0 Å². The van der Waals surface area contributed by atoms with Gasteiger partial charge in [0, 0.05) is 23.0 Å². The number of halogens is 1. The molecule has 0 amide bonds. The third kappa shape index (κ3) is 4.02. The second-order valence-electron chi connectivity index (χ2n) is 4.56. The molecule has 0 spiro atoms. The lowest BCUT2D eigenvalue weighted by Gasteiger charge is -2.11. The van der Waals surface area contributed by atoms with Gasteiger partial charge in [0.2, 0.25) is 0 Å². The second kappa shape index (κ2) is 7.00. The summed E-state index contributed by atoms with van der Waals surface area (Å²) in [6, 6.07) is 11.4. The molecule has 0 saturated heterocycles. The fourth-order valence-corrected chi connectivity index (χ4v) is 2.06. The number of benzene rings is 2. The Labute approximate surface area is 133 Å². The molecule has 114 valence electrons. The number of ketones is 1. The summed E-state index contributed by atoms with van der Waals surface area (Å²) >= 11 is 5.16. The van der Waals surface area contributed by atoms with Crippen LogP contribution in [0.15, 0.2) is 42.5 Å². The van der Waals surface area contributed by atoms with Crippen molar-refractivity contribution in [1.82, 2.24) is 0 Å². The minimum Gasteiger partial charge on any atom is -0.494 e. The van der Waals surface area contributed by atoms with Gasteiger partial charge in [-0.05, 0) is 55.5 Å². The third-order valence-corrected chi connectivity index (χ3v) is 3.16. The second-order valence-corrected chi connectivity index (χ2v) is 4.97. The number of carbonyl (C=O) groups excluding carboxylic acids is 1. The van der Waals surface area contributed by atoms with E-state index in [0.717, 1.165) is 5.69 Å². The van der Waals surface area contributed by atoms with Crippen molar-refractivity contribution in [3.63, 3.8) is 0 Å². The van der Waals surface area contributed by atoms with Gasteiger partial charge in [0.1, 0.15) is 0 Å². The largest absolute Gasteiger partial charge is 0.494 e. The van der Waals surface area contributed by atoms with Crippen LogP contribution in [0.2, 0.25) is 0 Å². The van der Waals surface area contributed by atoms with Crippen molar-refractivity contribution in [3.05, 3.63) is 53.8 Å². The van der Waals surface area contributed by atoms with Crippen LogP contribution in [0, 0.1) is 5.82 Å². The Bertz CT molecular complexity index is 702. The van der Waals surface area contributed by atoms with E-state index in [1.807, 2.05) is 0 Å². The van der Waals surface area contributed by atoms with Crippen LogP contribution in [0.25, 0.3) is 0 Å². The minimum atomic E-state index is -0.471. The van der Waals surface area contributed by atoms with E-state index in [2.05, 4.69) is 10.6 Å². The number of nitrogens with one attached hydrogen (secondary N) is 2. The molecule has 0 aromatic heterocycles. The first kappa shape index (κ1) is 15.9. The molecule has 0 saturated carbocycles. The van der Waals surface area contributed by atoms with Crippen molar-refractivity contribution in [2.75, 3.05) is 17.7 Å². The maximum atomic E-state index is 13.6. The predicted octanol–water partition coefficient (Wildman–Crippen LogP) is 3.85. The van der Waals surface area contributed by atoms with Gasteiger partial charge < -0.3 is 15.4 Å². The van der Waals surface area contributed by atoms with Crippen LogP contribution in [0.4, 0.5) is 15.8 Å². The molecule has 6 heteroatoms. The van der Waals surface area contributed by atoms with E-state index >= 15 is 0 Å². The van der Waals surface area contributed by atoms with Crippen molar-refractivity contribution < 1.29 is 13.9 Å². The van der Waals surface area contributed by atoms with Gasteiger partial charge in [0.05, 0.1) is 7.11 Å². The summed E-state index contributed by atoms with van der Waals surface area (Å²) < 4.78 is 18.4. The first-order valence-corrected chi connectivity index (χ1v) is 6.93. The topological polar surface area (TPSA) is 50.4 Å². The summed E-state index contributed by atoms with van der Waals surface area (Å²) in [5, 5.41) is 6.16. The fraction of sp³-hybridized carbons (Fsp3) is 0.125. The molecule has 0 fully saturated rings. The van der Waals surface area contributed by atoms with Crippen molar-refractivity contribution in [2.45, 2.75) is 6.92 Å². The summed E-state index contributed by atoms with van der Waals surface area (Å²) in [5.74, 6) is -0.300. The molecule has 0 aliphatic heterocycles. The van der Waals surface area contributed by atoms with E-state index in [-0.39, 0.29) is 11.5 Å². The number of hydrogen-bond acceptors (Lipinski definition) is 3. The van der Waals surface area contributed by atoms with Crippen LogP contribution >= 0.6 is 12.2 Å². The fourth-order valence-electron chi connectivity index (χ4n) is 1.83. The number of ether oxygens (including phenoxy) is 1.